The van der Waals surface area contributed by atoms with Gasteiger partial charge in [0.2, 0.25) is 0 Å². The Morgan fingerprint density at radius 2 is 2.06 bits per heavy atom. The van der Waals surface area contributed by atoms with Crippen LogP contribution in [0.15, 0.2) is 24.3 Å². The van der Waals surface area contributed by atoms with Gasteiger partial charge in [-0.25, -0.2) is 4.79 Å². The van der Waals surface area contributed by atoms with Crippen LogP contribution in [0.4, 0.5) is 0 Å². The van der Waals surface area contributed by atoms with Gasteiger partial charge < -0.3 is 9.47 Å². The molecule has 2 aromatic rings. The Morgan fingerprint density at radius 1 is 1.28 bits per heavy atom. The molecular weight excluding hydrogens is 252 g/mol. The van der Waals surface area contributed by atoms with Crippen molar-refractivity contribution in [3.8, 4) is 5.75 Å². The van der Waals surface area contributed by atoms with Gasteiger partial charge in [-0.05, 0) is 36.6 Å². The van der Waals surface area contributed by atoms with Crippen molar-refractivity contribution in [2.45, 2.75) is 6.92 Å². The second kappa shape index (κ2) is 5.18. The molecule has 0 bridgehead atoms. The fraction of sp³-hybridized carbons (Fsp3) is 0.231. The predicted octanol–water partition coefficient (Wildman–Crippen LogP) is 2.66. The molecule has 1 heterocycles. The predicted molar refractivity (Wildman–Crippen MR) is 69.3 cm³/mol. The first-order valence-electron chi connectivity index (χ1n) is 5.44. The lowest BCUT2D eigenvalue weighted by Crippen LogP contribution is -2.16. The summed E-state index contributed by atoms with van der Waals surface area (Å²) in [5, 5.41) is 0.911. The van der Waals surface area contributed by atoms with E-state index in [4.69, 9.17) is 9.47 Å². The molecule has 0 atom stereocenters. The van der Waals surface area contributed by atoms with Crippen LogP contribution in [0.3, 0.4) is 0 Å². The van der Waals surface area contributed by atoms with Gasteiger partial charge in [-0.1, -0.05) is 0 Å². The van der Waals surface area contributed by atoms with Crippen LogP contribution in [0.1, 0.15) is 16.6 Å². The summed E-state index contributed by atoms with van der Waals surface area (Å²) in [7, 11) is 1.58. The number of rotatable bonds is 4. The third-order valence-electron chi connectivity index (χ3n) is 2.41. The van der Waals surface area contributed by atoms with E-state index in [0.717, 1.165) is 15.8 Å². The van der Waals surface area contributed by atoms with Gasteiger partial charge in [-0.2, -0.15) is 0 Å². The van der Waals surface area contributed by atoms with Gasteiger partial charge in [0.15, 0.2) is 0 Å². The highest BCUT2D eigenvalue weighted by atomic mass is 32.1. The molecule has 0 spiro atoms. The Bertz CT molecular complexity index is 600. The normalized spacial score (nSPS) is 10.3. The summed E-state index contributed by atoms with van der Waals surface area (Å²) in [6.07, 6.45) is 0. The molecule has 94 valence electrons. The summed E-state index contributed by atoms with van der Waals surface area (Å²) in [5.74, 6) is -0.687. The van der Waals surface area contributed by atoms with Gasteiger partial charge in [0.25, 0.3) is 5.78 Å². The number of carbonyl (C=O) groups is 2. The third kappa shape index (κ3) is 2.36. The topological polar surface area (TPSA) is 52.6 Å². The molecule has 5 heteroatoms. The molecule has 0 aliphatic carbocycles. The van der Waals surface area contributed by atoms with Crippen LogP contribution in [0, 0.1) is 0 Å². The number of hydrogen-bond acceptors (Lipinski definition) is 5. The number of ether oxygens (including phenoxy) is 2. The van der Waals surface area contributed by atoms with E-state index in [0.29, 0.717) is 4.88 Å². The maximum absolute atomic E-state index is 11.8. The van der Waals surface area contributed by atoms with Crippen molar-refractivity contribution < 1.29 is 19.1 Å². The van der Waals surface area contributed by atoms with Gasteiger partial charge in [-0.15, -0.1) is 11.3 Å². The summed E-state index contributed by atoms with van der Waals surface area (Å²) >= 11 is 1.26. The minimum Gasteiger partial charge on any atom is -0.497 e. The Balaban J connectivity index is 2.35. The van der Waals surface area contributed by atoms with E-state index in [9.17, 15) is 9.59 Å². The highest BCUT2D eigenvalue weighted by Gasteiger charge is 2.19. The van der Waals surface area contributed by atoms with E-state index in [1.165, 1.54) is 11.3 Å². The van der Waals surface area contributed by atoms with E-state index in [2.05, 4.69) is 0 Å². The second-order valence-electron chi connectivity index (χ2n) is 3.56. The molecule has 1 aromatic heterocycles. The molecule has 1 aromatic carbocycles. The molecule has 0 aliphatic rings. The van der Waals surface area contributed by atoms with Gasteiger partial charge in [0.05, 0.1) is 18.6 Å². The van der Waals surface area contributed by atoms with Crippen LogP contribution >= 0.6 is 11.3 Å². The molecule has 0 saturated carbocycles. The molecule has 18 heavy (non-hydrogen) atoms. The Hall–Kier alpha value is -1.88. The third-order valence-corrected chi connectivity index (χ3v) is 3.51. The zero-order valence-corrected chi connectivity index (χ0v) is 10.9. The average Bonchev–Trinajstić information content (AvgIpc) is 2.80. The molecular formula is C13H12O4S. The number of thiophene rings is 1. The molecule has 0 saturated heterocycles. The number of carbonyl (C=O) groups excluding carboxylic acids is 2. The van der Waals surface area contributed by atoms with Crippen LogP contribution in [0.5, 0.6) is 5.75 Å². The maximum atomic E-state index is 11.8. The standard InChI is InChI=1S/C13H12O4S/c1-3-17-13(15)12(14)11-6-8-4-5-9(16-2)7-10(8)18-11/h4-7H,3H2,1-2H3. The SMILES string of the molecule is CCOC(=O)C(=O)c1cc2ccc(OC)cc2s1. The van der Waals surface area contributed by atoms with Crippen LogP contribution in [-0.2, 0) is 9.53 Å². The zero-order valence-electron chi connectivity index (χ0n) is 10.1. The Labute approximate surface area is 108 Å². The van der Waals surface area contributed by atoms with Crippen molar-refractivity contribution in [2.75, 3.05) is 13.7 Å². The summed E-state index contributed by atoms with van der Waals surface area (Å²) in [5.41, 5.74) is 0. The number of fused-ring (bicyclic) bond motifs is 1. The Morgan fingerprint density at radius 3 is 2.72 bits per heavy atom. The molecule has 0 amide bonds. The van der Waals surface area contributed by atoms with Crippen LogP contribution < -0.4 is 4.74 Å². The summed E-state index contributed by atoms with van der Waals surface area (Å²) in [6, 6.07) is 7.20. The summed E-state index contributed by atoms with van der Waals surface area (Å²) in [6.45, 7) is 1.87. The minimum atomic E-state index is -0.809. The molecule has 0 N–H and O–H groups in total. The first-order valence-corrected chi connectivity index (χ1v) is 6.26. The van der Waals surface area contributed by atoms with Crippen molar-refractivity contribution in [1.29, 1.82) is 0 Å². The van der Waals surface area contributed by atoms with Crippen molar-refractivity contribution >= 4 is 33.2 Å². The fourth-order valence-corrected chi connectivity index (χ4v) is 2.57. The monoisotopic (exact) mass is 264 g/mol. The van der Waals surface area contributed by atoms with Gasteiger partial charge in [0.1, 0.15) is 5.75 Å². The van der Waals surface area contributed by atoms with Crippen LogP contribution in [0.2, 0.25) is 0 Å². The number of hydrogen-bond donors (Lipinski definition) is 0. The van der Waals surface area contributed by atoms with Gasteiger partial charge >= 0.3 is 5.97 Å². The minimum absolute atomic E-state index is 0.198. The van der Waals surface area contributed by atoms with Crippen LogP contribution in [0.25, 0.3) is 10.1 Å². The highest BCUT2D eigenvalue weighted by Crippen LogP contribution is 2.29. The van der Waals surface area contributed by atoms with Crippen molar-refractivity contribution in [3.63, 3.8) is 0 Å². The average molecular weight is 264 g/mol. The maximum Gasteiger partial charge on any atom is 0.380 e. The van der Waals surface area contributed by atoms with E-state index in [1.807, 2.05) is 18.2 Å². The second-order valence-corrected chi connectivity index (χ2v) is 4.65. The first-order chi connectivity index (χ1) is 8.65. The van der Waals surface area contributed by atoms with E-state index >= 15 is 0 Å². The number of esters is 1. The summed E-state index contributed by atoms with van der Waals surface area (Å²) in [4.78, 5) is 23.5. The summed E-state index contributed by atoms with van der Waals surface area (Å²) < 4.78 is 10.7. The lowest BCUT2D eigenvalue weighted by molar-refractivity contribution is -0.137. The Kier molecular flexibility index (Phi) is 3.62. The number of ketones is 1. The molecule has 0 unspecified atom stereocenters. The highest BCUT2D eigenvalue weighted by molar-refractivity contribution is 7.21. The van der Waals surface area contributed by atoms with E-state index < -0.39 is 11.8 Å². The molecule has 0 fully saturated rings. The quantitative estimate of drug-likeness (QED) is 0.484. The van der Waals surface area contributed by atoms with Gasteiger partial charge in [-0.3, -0.25) is 4.79 Å². The lowest BCUT2D eigenvalue weighted by atomic mass is 10.2. The van der Waals surface area contributed by atoms with Crippen LogP contribution in [-0.4, -0.2) is 25.5 Å². The van der Waals surface area contributed by atoms with Crippen molar-refractivity contribution in [2.24, 2.45) is 0 Å². The fourth-order valence-electron chi connectivity index (χ4n) is 1.55. The first kappa shape index (κ1) is 12.6. The van der Waals surface area contributed by atoms with Crippen molar-refractivity contribution in [3.05, 3.63) is 29.1 Å². The molecule has 0 radical (unpaired) electrons. The molecule has 4 nitrogen and oxygen atoms in total. The zero-order chi connectivity index (χ0) is 13.1. The largest absolute Gasteiger partial charge is 0.497 e. The molecule has 2 rings (SSSR count). The number of benzene rings is 1. The van der Waals surface area contributed by atoms with Gasteiger partial charge in [0, 0.05) is 4.70 Å². The smallest absolute Gasteiger partial charge is 0.380 e. The number of methoxy groups -OCH3 is 1. The number of Topliss-reactive ketones (excluding diaryl/α,β-unsaturated/α-hetero) is 1. The lowest BCUT2D eigenvalue weighted by Gasteiger charge is -1.97. The van der Waals surface area contributed by atoms with Crippen molar-refractivity contribution in [1.82, 2.24) is 0 Å². The van der Waals surface area contributed by atoms with E-state index in [1.54, 1.807) is 20.1 Å². The van der Waals surface area contributed by atoms with E-state index in [-0.39, 0.29) is 6.61 Å². The molecule has 0 aliphatic heterocycles.